The molecule has 9 unspecified atom stereocenters. The van der Waals surface area contributed by atoms with Gasteiger partial charge in [-0.1, -0.05) is 66.0 Å². The average Bonchev–Trinajstić information content (AvgIpc) is 3.37. The number of furan rings is 1. The van der Waals surface area contributed by atoms with Gasteiger partial charge in [-0.3, -0.25) is 0 Å². The fourth-order valence-corrected chi connectivity index (χ4v) is 17.5. The molecule has 0 bridgehead atoms. The van der Waals surface area contributed by atoms with Crippen molar-refractivity contribution in [1.82, 2.24) is 0 Å². The summed E-state index contributed by atoms with van der Waals surface area (Å²) in [6.07, 6.45) is 7.42. The van der Waals surface area contributed by atoms with Crippen LogP contribution >= 0.6 is 17.0 Å². The van der Waals surface area contributed by atoms with Crippen molar-refractivity contribution in [2.75, 3.05) is 0 Å². The third-order valence-corrected chi connectivity index (χ3v) is 18.3. The third kappa shape index (κ3) is 5.27. The second-order valence-electron chi connectivity index (χ2n) is 12.2. The number of hydrogen-bond donors (Lipinski definition) is 0. The Hall–Kier alpha value is 0.960. The quantitative estimate of drug-likeness (QED) is 0.247. The minimum absolute atomic E-state index is 0. The van der Waals surface area contributed by atoms with Gasteiger partial charge in [-0.15, -0.1) is 0 Å². The molecule has 2 heterocycles. The molecule has 0 radical (unpaired) electrons. The summed E-state index contributed by atoms with van der Waals surface area (Å²) in [6, 6.07) is 7.83. The zero-order valence-corrected chi connectivity index (χ0v) is 28.0. The Labute approximate surface area is 231 Å². The van der Waals surface area contributed by atoms with Crippen molar-refractivity contribution in [3.8, 4) is 0 Å². The Balaban J connectivity index is 0.000000778. The predicted octanol–water partition coefficient (Wildman–Crippen LogP) is 10.6. The number of fused-ring (bicyclic) bond motifs is 1. The van der Waals surface area contributed by atoms with E-state index in [1.54, 1.807) is 24.9 Å². The van der Waals surface area contributed by atoms with Gasteiger partial charge in [-0.25, -0.2) is 0 Å². The summed E-state index contributed by atoms with van der Waals surface area (Å²) in [5, 5.41) is 0. The SMILES string of the molecule is Cc1ccc(C2CCCC3C2C(C)CC3[Si]2(C3C(C)C(C)C(C)C3C)CCC2)o1.[CH3-].[CH3-].[Cl][Zr+2][Cl]. The first kappa shape index (κ1) is 31.2. The monoisotopic (exact) mass is 602 g/mol. The van der Waals surface area contributed by atoms with Crippen LogP contribution in [0.4, 0.5) is 0 Å². The molecule has 0 amide bonds. The molecule has 3 aliphatic carbocycles. The van der Waals surface area contributed by atoms with Crippen LogP contribution in [0.1, 0.15) is 84.2 Å². The molecule has 194 valence electrons. The summed E-state index contributed by atoms with van der Waals surface area (Å²) in [4.78, 5) is 0. The zero-order chi connectivity index (χ0) is 23.2. The summed E-state index contributed by atoms with van der Waals surface area (Å²) in [6.45, 7) is 15.2. The van der Waals surface area contributed by atoms with Gasteiger partial charge < -0.3 is 19.3 Å². The van der Waals surface area contributed by atoms with Gasteiger partial charge in [0.05, 0.1) is 8.07 Å². The molecule has 1 nitrogen and oxygen atoms in total. The zero-order valence-electron chi connectivity index (χ0n) is 23.0. The normalized spacial score (nSPS) is 42.1. The van der Waals surface area contributed by atoms with Gasteiger partial charge >= 0.3 is 37.9 Å². The van der Waals surface area contributed by atoms with Crippen LogP contribution in [0.15, 0.2) is 16.5 Å². The molecule has 4 fully saturated rings. The van der Waals surface area contributed by atoms with E-state index in [4.69, 9.17) is 21.4 Å². The van der Waals surface area contributed by atoms with Crippen LogP contribution in [-0.2, 0) is 20.8 Å². The van der Waals surface area contributed by atoms with E-state index in [2.05, 4.69) is 53.7 Å². The molecule has 9 atom stereocenters. The van der Waals surface area contributed by atoms with Crippen molar-refractivity contribution in [3.63, 3.8) is 0 Å². The predicted molar refractivity (Wildman–Crippen MR) is 149 cm³/mol. The van der Waals surface area contributed by atoms with Crippen LogP contribution in [0, 0.1) is 63.2 Å². The van der Waals surface area contributed by atoms with E-state index >= 15 is 0 Å². The Bertz CT molecular complexity index is 751. The molecule has 1 aromatic rings. The molecule has 0 N–H and O–H groups in total. The van der Waals surface area contributed by atoms with Crippen molar-refractivity contribution in [3.05, 3.63) is 38.5 Å². The fraction of sp³-hybridized carbons (Fsp3) is 0.793. The van der Waals surface area contributed by atoms with Gasteiger partial charge in [0.15, 0.2) is 0 Å². The van der Waals surface area contributed by atoms with Crippen LogP contribution in [-0.4, -0.2) is 8.07 Å². The second-order valence-corrected chi connectivity index (χ2v) is 20.8. The van der Waals surface area contributed by atoms with Crippen molar-refractivity contribution >= 4 is 25.1 Å². The van der Waals surface area contributed by atoms with E-state index in [9.17, 15) is 0 Å². The molecule has 5 heteroatoms. The topological polar surface area (TPSA) is 13.1 Å². The molecule has 3 saturated carbocycles. The van der Waals surface area contributed by atoms with E-state index in [1.165, 1.54) is 25.0 Å². The molecule has 1 saturated heterocycles. The maximum absolute atomic E-state index is 6.21. The van der Waals surface area contributed by atoms with Crippen molar-refractivity contribution in [2.45, 2.75) is 103 Å². The summed E-state index contributed by atoms with van der Waals surface area (Å²) in [5.41, 5.74) is 2.21. The van der Waals surface area contributed by atoms with Gasteiger partial charge in [0.25, 0.3) is 0 Å². The number of halogens is 2. The van der Waals surface area contributed by atoms with Gasteiger partial charge in [-0.2, -0.15) is 0 Å². The van der Waals surface area contributed by atoms with Crippen LogP contribution in [0.25, 0.3) is 0 Å². The molecule has 1 aliphatic heterocycles. The van der Waals surface area contributed by atoms with Gasteiger partial charge in [-0.05, 0) is 84.4 Å². The number of hydrogen-bond acceptors (Lipinski definition) is 1. The first-order valence-electron chi connectivity index (χ1n) is 13.3. The first-order chi connectivity index (χ1) is 15.3. The first-order valence-corrected chi connectivity index (χ1v) is 22.2. The molecule has 5 rings (SSSR count). The van der Waals surface area contributed by atoms with Gasteiger partial charge in [0, 0.05) is 5.92 Å². The Morgan fingerprint density at radius 2 is 1.47 bits per heavy atom. The summed E-state index contributed by atoms with van der Waals surface area (Å²) in [7, 11) is 8.68. The average molecular weight is 605 g/mol. The molecule has 1 aromatic heterocycles. The van der Waals surface area contributed by atoms with Crippen LogP contribution < -0.4 is 0 Å². The Morgan fingerprint density at radius 1 is 0.882 bits per heavy atom. The van der Waals surface area contributed by atoms with E-state index < -0.39 is 28.9 Å². The van der Waals surface area contributed by atoms with Gasteiger partial charge in [0.1, 0.15) is 11.5 Å². The molecule has 4 aliphatic rings. The molecular weight excluding hydrogens is 555 g/mol. The standard InChI is InChI=1S/C27H44OSi.2CH3.2ClH.Zr/c1-16-15-25(23-10-7-9-22(26(16)23)24-12-11-17(2)28-24)29(13-8-14-29)27-20(5)18(3)19(4)21(27)6;;;;;/h11-12,16,18-23,25-27H,7-10,13-15H2,1-6H3;2*1H3;2*1H;/q;2*-1;;;+4/p-2. The van der Waals surface area contributed by atoms with Crippen LogP contribution in [0.5, 0.6) is 0 Å². The van der Waals surface area contributed by atoms with E-state index in [0.717, 1.165) is 58.3 Å². The molecule has 0 spiro atoms. The summed E-state index contributed by atoms with van der Waals surface area (Å²) >= 11 is -0.826. The minimum atomic E-state index is -1.19. The van der Waals surface area contributed by atoms with E-state index in [-0.39, 0.29) is 14.9 Å². The van der Waals surface area contributed by atoms with E-state index in [1.807, 2.05) is 0 Å². The second kappa shape index (κ2) is 12.7. The summed E-state index contributed by atoms with van der Waals surface area (Å²) in [5.74, 6) is 9.71. The van der Waals surface area contributed by atoms with Crippen molar-refractivity contribution < 1.29 is 25.3 Å². The molecular formula is C29H50Cl2OSiZr. The van der Waals surface area contributed by atoms with Crippen molar-refractivity contribution in [2.24, 2.45) is 41.4 Å². The molecule has 0 aromatic carbocycles. The van der Waals surface area contributed by atoms with Crippen LogP contribution in [0.2, 0.25) is 23.2 Å². The van der Waals surface area contributed by atoms with Crippen LogP contribution in [0.3, 0.4) is 0 Å². The number of aryl methyl sites for hydroxylation is 1. The third-order valence-electron chi connectivity index (χ3n) is 11.2. The summed E-state index contributed by atoms with van der Waals surface area (Å²) < 4.78 is 6.21. The Morgan fingerprint density at radius 3 is 1.94 bits per heavy atom. The number of rotatable bonds is 3. The van der Waals surface area contributed by atoms with Gasteiger partial charge in [0.2, 0.25) is 0 Å². The van der Waals surface area contributed by atoms with Crippen molar-refractivity contribution in [1.29, 1.82) is 0 Å². The fourth-order valence-electron chi connectivity index (χ4n) is 9.60. The molecule has 34 heavy (non-hydrogen) atoms. The Kier molecular flexibility index (Phi) is 11.6. The van der Waals surface area contributed by atoms with E-state index in [0.29, 0.717) is 5.92 Å². The maximum atomic E-state index is 6.21.